The summed E-state index contributed by atoms with van der Waals surface area (Å²) in [5, 5.41) is 0. The second kappa shape index (κ2) is 7.43. The molecule has 8 heteroatoms. The first kappa shape index (κ1) is 18.6. The van der Waals surface area contributed by atoms with Gasteiger partial charge in [0.05, 0.1) is 18.2 Å². The predicted molar refractivity (Wildman–Crippen MR) is 91.0 cm³/mol. The van der Waals surface area contributed by atoms with Crippen LogP contribution in [-0.4, -0.2) is 26.4 Å². The van der Waals surface area contributed by atoms with E-state index in [-0.39, 0.29) is 4.90 Å². The van der Waals surface area contributed by atoms with Gasteiger partial charge in [-0.15, -0.1) is 0 Å². The van der Waals surface area contributed by atoms with Gasteiger partial charge in [0.25, 0.3) is 15.9 Å². The predicted octanol–water partition coefficient (Wildman–Crippen LogP) is 2.36. The number of halogens is 1. The third-order valence-electron chi connectivity index (χ3n) is 3.59. The molecule has 0 saturated heterocycles. The summed E-state index contributed by atoms with van der Waals surface area (Å²) in [6, 6.07) is 4.06. The zero-order valence-electron chi connectivity index (χ0n) is 13.9. The van der Waals surface area contributed by atoms with Crippen molar-refractivity contribution in [1.82, 2.24) is 9.71 Å². The molecule has 0 unspecified atom stereocenters. The van der Waals surface area contributed by atoms with E-state index in [0.29, 0.717) is 22.4 Å². The quantitative estimate of drug-likeness (QED) is 0.823. The molecule has 25 heavy (non-hydrogen) atoms. The number of rotatable bonds is 5. The molecule has 0 aliphatic carbocycles. The van der Waals surface area contributed by atoms with Crippen molar-refractivity contribution in [2.24, 2.45) is 0 Å². The van der Waals surface area contributed by atoms with Crippen LogP contribution in [-0.2, 0) is 14.8 Å². The van der Waals surface area contributed by atoms with Gasteiger partial charge in [-0.2, -0.15) is 0 Å². The Morgan fingerprint density at radius 2 is 1.96 bits per heavy atom. The van der Waals surface area contributed by atoms with Gasteiger partial charge in [0.1, 0.15) is 11.6 Å². The molecule has 1 amide bonds. The maximum atomic E-state index is 13.0. The number of nitrogens with one attached hydrogen (secondary N) is 1. The molecule has 0 saturated carbocycles. The molecule has 0 aliphatic heterocycles. The maximum Gasteiger partial charge on any atom is 0.264 e. The van der Waals surface area contributed by atoms with Crippen LogP contribution in [0, 0.1) is 19.7 Å². The number of sulfonamides is 1. The lowest BCUT2D eigenvalue weighted by atomic mass is 10.1. The van der Waals surface area contributed by atoms with Crippen molar-refractivity contribution in [2.75, 3.05) is 7.11 Å². The zero-order valence-corrected chi connectivity index (χ0v) is 14.7. The molecule has 0 radical (unpaired) electrons. The van der Waals surface area contributed by atoms with Crippen molar-refractivity contribution in [3.05, 3.63) is 59.2 Å². The third kappa shape index (κ3) is 4.42. The first-order chi connectivity index (χ1) is 11.7. The minimum atomic E-state index is -4.05. The topological polar surface area (TPSA) is 85.4 Å². The van der Waals surface area contributed by atoms with Crippen LogP contribution >= 0.6 is 0 Å². The number of ether oxygens (including phenoxy) is 1. The van der Waals surface area contributed by atoms with Gasteiger partial charge in [0.15, 0.2) is 0 Å². The highest BCUT2D eigenvalue weighted by molar-refractivity contribution is 7.90. The summed E-state index contributed by atoms with van der Waals surface area (Å²) >= 11 is 0. The number of benzene rings is 1. The summed E-state index contributed by atoms with van der Waals surface area (Å²) in [7, 11) is -2.56. The molecule has 1 aromatic carbocycles. The van der Waals surface area contributed by atoms with Crippen molar-refractivity contribution >= 4 is 22.0 Å². The van der Waals surface area contributed by atoms with Gasteiger partial charge in [-0.1, -0.05) is 0 Å². The summed E-state index contributed by atoms with van der Waals surface area (Å²) in [6.07, 6.45) is 4.64. The van der Waals surface area contributed by atoms with Gasteiger partial charge in [0, 0.05) is 12.3 Å². The van der Waals surface area contributed by atoms with Gasteiger partial charge in [-0.3, -0.25) is 9.78 Å². The lowest BCUT2D eigenvalue weighted by Crippen LogP contribution is -2.29. The second-order valence-electron chi connectivity index (χ2n) is 5.26. The van der Waals surface area contributed by atoms with Crippen LogP contribution in [0.5, 0.6) is 5.75 Å². The van der Waals surface area contributed by atoms with E-state index in [9.17, 15) is 17.6 Å². The number of aromatic nitrogens is 1. The van der Waals surface area contributed by atoms with Crippen LogP contribution in [0.2, 0.25) is 0 Å². The van der Waals surface area contributed by atoms with E-state index in [1.54, 1.807) is 13.8 Å². The minimum absolute atomic E-state index is 0.0139. The molecule has 1 aromatic heterocycles. The number of carbonyl (C=O) groups is 1. The molecular weight excluding hydrogens is 347 g/mol. The standard InChI is InChI=1S/C17H17FN2O4S/c1-11-12(2)16(6-5-15(11)24-3)25(22,23)20-17(21)7-4-13-8-14(18)10-19-9-13/h4-10H,1-3H3,(H,20,21). The highest BCUT2D eigenvalue weighted by atomic mass is 32.2. The van der Waals surface area contributed by atoms with Gasteiger partial charge >= 0.3 is 0 Å². The first-order valence-corrected chi connectivity index (χ1v) is 8.72. The van der Waals surface area contributed by atoms with Crippen LogP contribution in [0.1, 0.15) is 16.7 Å². The molecule has 0 atom stereocenters. The van der Waals surface area contributed by atoms with Crippen LogP contribution < -0.4 is 9.46 Å². The molecule has 2 aromatic rings. The fourth-order valence-electron chi connectivity index (χ4n) is 2.20. The number of hydrogen-bond acceptors (Lipinski definition) is 5. The molecule has 0 fully saturated rings. The van der Waals surface area contributed by atoms with Gasteiger partial charge in [-0.05, 0) is 54.8 Å². The Labute approximate surface area is 145 Å². The molecule has 1 heterocycles. The van der Waals surface area contributed by atoms with E-state index in [0.717, 1.165) is 12.3 Å². The Hall–Kier alpha value is -2.74. The summed E-state index contributed by atoms with van der Waals surface area (Å²) in [4.78, 5) is 15.5. The van der Waals surface area contributed by atoms with E-state index in [2.05, 4.69) is 4.98 Å². The van der Waals surface area contributed by atoms with Gasteiger partial charge < -0.3 is 4.74 Å². The fourth-order valence-corrected chi connectivity index (χ4v) is 3.44. The molecule has 2 rings (SSSR count). The monoisotopic (exact) mass is 364 g/mol. The average Bonchev–Trinajstić information content (AvgIpc) is 2.55. The smallest absolute Gasteiger partial charge is 0.264 e. The zero-order chi connectivity index (χ0) is 18.6. The Morgan fingerprint density at radius 3 is 2.60 bits per heavy atom. The van der Waals surface area contributed by atoms with E-state index < -0.39 is 21.7 Å². The Morgan fingerprint density at radius 1 is 1.24 bits per heavy atom. The maximum absolute atomic E-state index is 13.0. The van der Waals surface area contributed by atoms with Gasteiger partial charge in [-0.25, -0.2) is 17.5 Å². The summed E-state index contributed by atoms with van der Waals surface area (Å²) in [5.41, 5.74) is 1.49. The largest absolute Gasteiger partial charge is 0.496 e. The van der Waals surface area contributed by atoms with Crippen LogP contribution in [0.25, 0.3) is 6.08 Å². The summed E-state index contributed by atoms with van der Waals surface area (Å²) in [6.45, 7) is 3.36. The van der Waals surface area contributed by atoms with E-state index in [1.165, 1.54) is 37.6 Å². The van der Waals surface area contributed by atoms with Gasteiger partial charge in [0.2, 0.25) is 0 Å². The molecule has 6 nitrogen and oxygen atoms in total. The third-order valence-corrected chi connectivity index (χ3v) is 5.08. The highest BCUT2D eigenvalue weighted by Crippen LogP contribution is 2.26. The number of pyridine rings is 1. The first-order valence-electron chi connectivity index (χ1n) is 7.24. The van der Waals surface area contributed by atoms with E-state index in [1.807, 2.05) is 4.72 Å². The van der Waals surface area contributed by atoms with Crippen molar-refractivity contribution < 1.29 is 22.3 Å². The van der Waals surface area contributed by atoms with Crippen molar-refractivity contribution in [3.8, 4) is 5.75 Å². The molecule has 132 valence electrons. The highest BCUT2D eigenvalue weighted by Gasteiger charge is 2.21. The number of hydrogen-bond donors (Lipinski definition) is 1. The molecule has 0 bridgehead atoms. The SMILES string of the molecule is COc1ccc(S(=O)(=O)NC(=O)C=Cc2cncc(F)c2)c(C)c1C. The normalized spacial score (nSPS) is 11.5. The molecule has 0 aliphatic rings. The summed E-state index contributed by atoms with van der Waals surface area (Å²) in [5.74, 6) is -0.849. The number of methoxy groups -OCH3 is 1. The second-order valence-corrected chi connectivity index (χ2v) is 6.91. The van der Waals surface area contributed by atoms with Crippen molar-refractivity contribution in [1.29, 1.82) is 0 Å². The Bertz CT molecular complexity index is 940. The fraction of sp³-hybridized carbons (Fsp3) is 0.176. The Balaban J connectivity index is 2.21. The van der Waals surface area contributed by atoms with E-state index >= 15 is 0 Å². The lowest BCUT2D eigenvalue weighted by Gasteiger charge is -2.13. The van der Waals surface area contributed by atoms with Crippen molar-refractivity contribution in [2.45, 2.75) is 18.7 Å². The average molecular weight is 364 g/mol. The lowest BCUT2D eigenvalue weighted by molar-refractivity contribution is -0.114. The summed E-state index contributed by atoms with van der Waals surface area (Å²) < 4.78 is 44.9. The van der Waals surface area contributed by atoms with E-state index in [4.69, 9.17) is 4.74 Å². The van der Waals surface area contributed by atoms with Crippen molar-refractivity contribution in [3.63, 3.8) is 0 Å². The minimum Gasteiger partial charge on any atom is -0.496 e. The van der Waals surface area contributed by atoms with Crippen LogP contribution in [0.4, 0.5) is 4.39 Å². The molecule has 1 N–H and O–H groups in total. The molecular formula is C17H17FN2O4S. The van der Waals surface area contributed by atoms with Crippen LogP contribution in [0.15, 0.2) is 41.6 Å². The number of amides is 1. The number of carbonyl (C=O) groups excluding carboxylic acids is 1. The van der Waals surface area contributed by atoms with Crippen LogP contribution in [0.3, 0.4) is 0 Å². The number of nitrogens with zero attached hydrogens (tertiary/aromatic N) is 1. The molecule has 0 spiro atoms. The Kier molecular flexibility index (Phi) is 5.53.